The Kier molecular flexibility index (Phi) is 6.16. The van der Waals surface area contributed by atoms with Gasteiger partial charge in [0.05, 0.1) is 7.11 Å². The maximum Gasteiger partial charge on any atom is 0.365 e. The maximum absolute atomic E-state index is 12.3. The second-order valence-corrected chi connectivity index (χ2v) is 9.66. The highest BCUT2D eigenvalue weighted by Crippen LogP contribution is 2.29. The first-order chi connectivity index (χ1) is 11.7. The molecule has 25 heavy (non-hydrogen) atoms. The van der Waals surface area contributed by atoms with E-state index in [1.54, 1.807) is 0 Å². The normalized spacial score (nSPS) is 14.2. The minimum absolute atomic E-state index is 0.149. The standard InChI is InChI=1S/C20H26O4Si/c1-19(2,3)15-20(22,18(21)23-4)24-25(16-11-7-5-8-12-16)17-13-9-6-10-14-17/h5-14,22,25H,15H2,1-4H3. The third kappa shape index (κ3) is 5.26. The number of ether oxygens (including phenoxy) is 1. The lowest BCUT2D eigenvalue weighted by atomic mass is 9.87. The molecule has 0 bridgehead atoms. The summed E-state index contributed by atoms with van der Waals surface area (Å²) >= 11 is 0. The molecule has 0 fully saturated rings. The summed E-state index contributed by atoms with van der Waals surface area (Å²) in [6, 6.07) is 19.5. The molecule has 1 atom stereocenters. The SMILES string of the molecule is COC(=O)C(O)(CC(C)(C)C)O[SiH](c1ccccc1)c1ccccc1. The molecule has 0 heterocycles. The second kappa shape index (κ2) is 7.95. The van der Waals surface area contributed by atoms with Gasteiger partial charge in [0.2, 0.25) is 9.04 Å². The fraction of sp³-hybridized carbons (Fsp3) is 0.350. The number of carbonyl (C=O) groups excluding carboxylic acids is 1. The van der Waals surface area contributed by atoms with E-state index in [2.05, 4.69) is 0 Å². The van der Waals surface area contributed by atoms with Gasteiger partial charge in [-0.2, -0.15) is 0 Å². The van der Waals surface area contributed by atoms with Gasteiger partial charge in [0, 0.05) is 6.42 Å². The molecule has 134 valence electrons. The Morgan fingerprint density at radius 2 is 1.40 bits per heavy atom. The van der Waals surface area contributed by atoms with Gasteiger partial charge in [-0.15, -0.1) is 0 Å². The largest absolute Gasteiger partial charge is 0.465 e. The summed E-state index contributed by atoms with van der Waals surface area (Å²) in [5.41, 5.74) is -0.310. The fourth-order valence-electron chi connectivity index (χ4n) is 2.82. The third-order valence-electron chi connectivity index (χ3n) is 3.79. The molecule has 1 N–H and O–H groups in total. The zero-order valence-electron chi connectivity index (χ0n) is 15.2. The van der Waals surface area contributed by atoms with Crippen LogP contribution in [0.5, 0.6) is 0 Å². The molecule has 4 nitrogen and oxygen atoms in total. The number of methoxy groups -OCH3 is 1. The Morgan fingerprint density at radius 1 is 0.960 bits per heavy atom. The quantitative estimate of drug-likeness (QED) is 0.486. The smallest absolute Gasteiger partial charge is 0.365 e. The van der Waals surface area contributed by atoms with Crippen molar-refractivity contribution in [1.29, 1.82) is 0 Å². The highest BCUT2D eigenvalue weighted by atomic mass is 28.3. The molecule has 2 rings (SSSR count). The maximum atomic E-state index is 12.3. The van der Waals surface area contributed by atoms with E-state index in [1.165, 1.54) is 7.11 Å². The van der Waals surface area contributed by atoms with E-state index in [1.807, 2.05) is 81.4 Å². The van der Waals surface area contributed by atoms with Crippen molar-refractivity contribution in [3.05, 3.63) is 60.7 Å². The van der Waals surface area contributed by atoms with Gasteiger partial charge in [-0.05, 0) is 15.8 Å². The van der Waals surface area contributed by atoms with Crippen molar-refractivity contribution in [2.45, 2.75) is 33.0 Å². The first-order valence-electron chi connectivity index (χ1n) is 8.34. The van der Waals surface area contributed by atoms with E-state index in [-0.39, 0.29) is 11.8 Å². The lowest BCUT2D eigenvalue weighted by Crippen LogP contribution is -2.56. The number of carbonyl (C=O) groups is 1. The molecule has 2 aromatic rings. The van der Waals surface area contributed by atoms with Crippen LogP contribution in [-0.2, 0) is 14.0 Å². The highest BCUT2D eigenvalue weighted by molar-refractivity contribution is 6.80. The van der Waals surface area contributed by atoms with E-state index in [9.17, 15) is 9.90 Å². The van der Waals surface area contributed by atoms with Crippen molar-refractivity contribution in [2.24, 2.45) is 5.41 Å². The van der Waals surface area contributed by atoms with Crippen LogP contribution in [0.3, 0.4) is 0 Å². The number of rotatable bonds is 6. The molecule has 0 aromatic heterocycles. The summed E-state index contributed by atoms with van der Waals surface area (Å²) < 4.78 is 11.0. The Hall–Kier alpha value is -1.95. The van der Waals surface area contributed by atoms with Crippen LogP contribution < -0.4 is 10.4 Å². The predicted octanol–water partition coefficient (Wildman–Crippen LogP) is 1.84. The number of hydrogen-bond acceptors (Lipinski definition) is 4. The van der Waals surface area contributed by atoms with Crippen molar-refractivity contribution >= 4 is 25.4 Å². The van der Waals surface area contributed by atoms with Gasteiger partial charge in [-0.3, -0.25) is 0 Å². The molecular weight excluding hydrogens is 332 g/mol. The van der Waals surface area contributed by atoms with Gasteiger partial charge in [0.25, 0.3) is 5.79 Å². The number of esters is 1. The Bertz CT molecular complexity index is 642. The molecule has 2 aromatic carbocycles. The van der Waals surface area contributed by atoms with Crippen LogP contribution in [0.15, 0.2) is 60.7 Å². The van der Waals surface area contributed by atoms with Crippen LogP contribution in [0.4, 0.5) is 0 Å². The van der Waals surface area contributed by atoms with E-state index in [0.717, 1.165) is 10.4 Å². The van der Waals surface area contributed by atoms with Gasteiger partial charge in [0.15, 0.2) is 0 Å². The van der Waals surface area contributed by atoms with Gasteiger partial charge in [-0.25, -0.2) is 4.79 Å². The second-order valence-electron chi connectivity index (χ2n) is 7.33. The average Bonchev–Trinajstić information content (AvgIpc) is 2.59. The van der Waals surface area contributed by atoms with Crippen LogP contribution in [0.25, 0.3) is 0 Å². The zero-order chi connectivity index (χ0) is 18.5. The molecule has 0 aliphatic rings. The van der Waals surface area contributed by atoms with Crippen molar-refractivity contribution in [3.8, 4) is 0 Å². The summed E-state index contributed by atoms with van der Waals surface area (Å²) in [6.07, 6.45) is 0.149. The molecule has 0 amide bonds. The van der Waals surface area contributed by atoms with Crippen LogP contribution in [0.1, 0.15) is 27.2 Å². The third-order valence-corrected chi connectivity index (χ3v) is 6.40. The molecule has 0 aliphatic heterocycles. The van der Waals surface area contributed by atoms with E-state index < -0.39 is 20.8 Å². The Labute approximate surface area is 151 Å². The van der Waals surface area contributed by atoms with E-state index >= 15 is 0 Å². The Balaban J connectivity index is 2.44. The average molecular weight is 359 g/mol. The lowest BCUT2D eigenvalue weighted by Gasteiger charge is -2.35. The van der Waals surface area contributed by atoms with Gasteiger partial charge < -0.3 is 14.3 Å². The molecule has 0 aliphatic carbocycles. The van der Waals surface area contributed by atoms with Crippen LogP contribution in [-0.4, -0.2) is 33.0 Å². The zero-order valence-corrected chi connectivity index (χ0v) is 16.4. The molecule has 0 spiro atoms. The van der Waals surface area contributed by atoms with Crippen molar-refractivity contribution in [2.75, 3.05) is 7.11 Å². The summed E-state index contributed by atoms with van der Waals surface area (Å²) in [6.45, 7) is 5.85. The molecule has 5 heteroatoms. The minimum atomic E-state index is -2.29. The minimum Gasteiger partial charge on any atom is -0.465 e. The summed E-state index contributed by atoms with van der Waals surface area (Å²) in [5.74, 6) is -2.73. The van der Waals surface area contributed by atoms with Crippen LogP contribution >= 0.6 is 0 Å². The monoisotopic (exact) mass is 358 g/mol. The van der Waals surface area contributed by atoms with Crippen molar-refractivity contribution in [1.82, 2.24) is 0 Å². The number of aliphatic hydroxyl groups is 1. The summed E-state index contributed by atoms with van der Waals surface area (Å²) in [5, 5.41) is 13.0. The summed E-state index contributed by atoms with van der Waals surface area (Å²) in [7, 11) is -1.02. The van der Waals surface area contributed by atoms with Crippen molar-refractivity contribution in [3.63, 3.8) is 0 Å². The molecule has 0 saturated heterocycles. The van der Waals surface area contributed by atoms with Gasteiger partial charge >= 0.3 is 5.97 Å². The van der Waals surface area contributed by atoms with E-state index in [4.69, 9.17) is 9.16 Å². The first-order valence-corrected chi connectivity index (χ1v) is 9.96. The topological polar surface area (TPSA) is 55.8 Å². The van der Waals surface area contributed by atoms with Crippen LogP contribution in [0, 0.1) is 5.41 Å². The van der Waals surface area contributed by atoms with E-state index in [0.29, 0.717) is 0 Å². The predicted molar refractivity (Wildman–Crippen MR) is 101 cm³/mol. The van der Waals surface area contributed by atoms with Gasteiger partial charge in [-0.1, -0.05) is 81.4 Å². The number of hydrogen-bond donors (Lipinski definition) is 1. The highest BCUT2D eigenvalue weighted by Gasteiger charge is 2.44. The lowest BCUT2D eigenvalue weighted by molar-refractivity contribution is -0.206. The van der Waals surface area contributed by atoms with Crippen LogP contribution in [0.2, 0.25) is 0 Å². The first kappa shape index (κ1) is 19.4. The fourth-order valence-corrected chi connectivity index (χ4v) is 5.19. The van der Waals surface area contributed by atoms with Crippen molar-refractivity contribution < 1.29 is 19.1 Å². The Morgan fingerprint density at radius 3 is 1.76 bits per heavy atom. The molecule has 0 radical (unpaired) electrons. The molecule has 0 saturated carbocycles. The number of benzene rings is 2. The molecule has 1 unspecified atom stereocenters. The van der Waals surface area contributed by atoms with Gasteiger partial charge in [0.1, 0.15) is 0 Å². The molecular formula is C20H26O4Si. The summed E-state index contributed by atoms with van der Waals surface area (Å²) in [4.78, 5) is 12.3.